The van der Waals surface area contributed by atoms with Gasteiger partial charge in [-0.2, -0.15) is 0 Å². The summed E-state index contributed by atoms with van der Waals surface area (Å²) in [5.74, 6) is 0.184. The predicted octanol–water partition coefficient (Wildman–Crippen LogP) is 3.23. The van der Waals surface area contributed by atoms with Gasteiger partial charge in [0.1, 0.15) is 5.82 Å². The Kier molecular flexibility index (Phi) is 7.37. The molecule has 0 spiro atoms. The summed E-state index contributed by atoms with van der Waals surface area (Å²) in [5.41, 5.74) is 1.17. The van der Waals surface area contributed by atoms with E-state index in [1.165, 1.54) is 17.8 Å². The van der Waals surface area contributed by atoms with Crippen LogP contribution in [0.5, 0.6) is 0 Å². The van der Waals surface area contributed by atoms with Crippen LogP contribution < -0.4 is 5.32 Å². The first kappa shape index (κ1) is 21.0. The van der Waals surface area contributed by atoms with Gasteiger partial charge in [0.15, 0.2) is 11.0 Å². The molecule has 3 rings (SSSR count). The smallest absolute Gasteiger partial charge is 0.230 e. The van der Waals surface area contributed by atoms with E-state index >= 15 is 0 Å². The van der Waals surface area contributed by atoms with Crippen LogP contribution in [-0.4, -0.2) is 58.5 Å². The molecule has 1 aromatic heterocycles. The van der Waals surface area contributed by atoms with Crippen LogP contribution in [-0.2, 0) is 4.79 Å². The highest BCUT2D eigenvalue weighted by Crippen LogP contribution is 2.29. The molecule has 0 saturated heterocycles. The summed E-state index contributed by atoms with van der Waals surface area (Å²) >= 11 is 1.28. The van der Waals surface area contributed by atoms with Crippen molar-refractivity contribution in [3.05, 3.63) is 60.4 Å². The summed E-state index contributed by atoms with van der Waals surface area (Å²) in [6.07, 6.45) is 0.890. The topological polar surface area (TPSA) is 63.1 Å². The molecule has 152 valence electrons. The zero-order chi connectivity index (χ0) is 20.6. The number of nitrogens with zero attached hydrogens (tertiary/aromatic N) is 4. The maximum Gasteiger partial charge on any atom is 0.230 e. The quantitative estimate of drug-likeness (QED) is 0.431. The number of hydrogen-bond donors (Lipinski definition) is 1. The van der Waals surface area contributed by atoms with Crippen molar-refractivity contribution < 1.29 is 9.18 Å². The van der Waals surface area contributed by atoms with Gasteiger partial charge >= 0.3 is 0 Å². The van der Waals surface area contributed by atoms with E-state index in [-0.39, 0.29) is 17.5 Å². The molecule has 2 aromatic carbocycles. The number of para-hydroxylation sites is 1. The van der Waals surface area contributed by atoms with Crippen molar-refractivity contribution in [2.24, 2.45) is 0 Å². The number of halogens is 1. The van der Waals surface area contributed by atoms with Crippen LogP contribution >= 0.6 is 11.8 Å². The molecule has 0 aliphatic carbocycles. The number of thioether (sulfide) groups is 1. The molecule has 0 aliphatic rings. The van der Waals surface area contributed by atoms with Crippen molar-refractivity contribution in [2.45, 2.75) is 11.6 Å². The fourth-order valence-electron chi connectivity index (χ4n) is 2.79. The second-order valence-electron chi connectivity index (χ2n) is 6.75. The highest BCUT2D eigenvalue weighted by Gasteiger charge is 2.19. The van der Waals surface area contributed by atoms with Crippen LogP contribution in [0.3, 0.4) is 0 Å². The Morgan fingerprint density at radius 1 is 1.10 bits per heavy atom. The zero-order valence-electron chi connectivity index (χ0n) is 16.5. The average Bonchev–Trinajstić information content (AvgIpc) is 3.14. The van der Waals surface area contributed by atoms with Gasteiger partial charge in [-0.1, -0.05) is 42.1 Å². The summed E-state index contributed by atoms with van der Waals surface area (Å²) in [5, 5.41) is 11.9. The van der Waals surface area contributed by atoms with E-state index in [9.17, 15) is 9.18 Å². The Balaban J connectivity index is 1.77. The van der Waals surface area contributed by atoms with Gasteiger partial charge in [0.05, 0.1) is 11.3 Å². The third kappa shape index (κ3) is 5.65. The molecule has 8 heteroatoms. The van der Waals surface area contributed by atoms with E-state index in [1.54, 1.807) is 22.8 Å². The number of carbonyl (C=O) groups excluding carboxylic acids is 1. The van der Waals surface area contributed by atoms with Crippen LogP contribution in [0.15, 0.2) is 59.8 Å². The largest absolute Gasteiger partial charge is 0.355 e. The van der Waals surface area contributed by atoms with Crippen LogP contribution in [0.1, 0.15) is 6.42 Å². The lowest BCUT2D eigenvalue weighted by molar-refractivity contribution is -0.118. The Morgan fingerprint density at radius 3 is 2.55 bits per heavy atom. The van der Waals surface area contributed by atoms with Crippen molar-refractivity contribution in [1.82, 2.24) is 25.0 Å². The van der Waals surface area contributed by atoms with Gasteiger partial charge in [0.2, 0.25) is 5.91 Å². The minimum Gasteiger partial charge on any atom is -0.355 e. The lowest BCUT2D eigenvalue weighted by Gasteiger charge is -2.11. The van der Waals surface area contributed by atoms with Crippen molar-refractivity contribution >= 4 is 17.7 Å². The standard InChI is InChI=1S/C21H24FN5OS/c1-26(2)14-8-13-23-19(28)15-29-21-25-24-20(17-11-6-7-12-18(17)22)27(21)16-9-4-3-5-10-16/h3-7,9-12H,8,13-15H2,1-2H3,(H,23,28). The SMILES string of the molecule is CN(C)CCCNC(=O)CSc1nnc(-c2ccccc2F)n1-c1ccccc1. The van der Waals surface area contributed by atoms with Crippen molar-refractivity contribution in [3.8, 4) is 17.1 Å². The summed E-state index contributed by atoms with van der Waals surface area (Å²) in [7, 11) is 4.00. The van der Waals surface area contributed by atoms with Gasteiger partial charge in [0, 0.05) is 12.2 Å². The molecular formula is C21H24FN5OS. The number of rotatable bonds is 9. The molecule has 0 atom stereocenters. The third-order valence-electron chi connectivity index (χ3n) is 4.20. The maximum absolute atomic E-state index is 14.4. The van der Waals surface area contributed by atoms with Crippen molar-refractivity contribution in [2.75, 3.05) is 32.9 Å². The number of benzene rings is 2. The summed E-state index contributed by atoms with van der Waals surface area (Å²) in [6, 6.07) is 16.0. The molecule has 1 heterocycles. The highest BCUT2D eigenvalue weighted by molar-refractivity contribution is 7.99. The average molecular weight is 414 g/mol. The van der Waals surface area contributed by atoms with Crippen molar-refractivity contribution in [3.63, 3.8) is 0 Å². The van der Waals surface area contributed by atoms with E-state index in [0.717, 1.165) is 18.7 Å². The second-order valence-corrected chi connectivity index (χ2v) is 7.69. The zero-order valence-corrected chi connectivity index (χ0v) is 17.3. The minimum atomic E-state index is -0.368. The Labute approximate surface area is 174 Å². The predicted molar refractivity (Wildman–Crippen MR) is 114 cm³/mol. The summed E-state index contributed by atoms with van der Waals surface area (Å²) in [6.45, 7) is 1.55. The van der Waals surface area contributed by atoms with E-state index in [1.807, 2.05) is 44.4 Å². The van der Waals surface area contributed by atoms with E-state index < -0.39 is 0 Å². The molecule has 0 bridgehead atoms. The molecule has 0 saturated carbocycles. The molecule has 0 radical (unpaired) electrons. The monoisotopic (exact) mass is 413 g/mol. The third-order valence-corrected chi connectivity index (χ3v) is 5.13. The molecule has 1 N–H and O–H groups in total. The van der Waals surface area contributed by atoms with Gasteiger partial charge in [-0.05, 0) is 51.3 Å². The molecule has 29 heavy (non-hydrogen) atoms. The van der Waals surface area contributed by atoms with Gasteiger partial charge in [0.25, 0.3) is 0 Å². The van der Waals surface area contributed by atoms with Crippen LogP contribution in [0.2, 0.25) is 0 Å². The lowest BCUT2D eigenvalue weighted by Crippen LogP contribution is -2.28. The number of nitrogens with one attached hydrogen (secondary N) is 1. The minimum absolute atomic E-state index is 0.0659. The maximum atomic E-state index is 14.4. The van der Waals surface area contributed by atoms with Gasteiger partial charge in [-0.3, -0.25) is 9.36 Å². The van der Waals surface area contributed by atoms with E-state index in [2.05, 4.69) is 20.4 Å². The fraction of sp³-hybridized carbons (Fsp3) is 0.286. The van der Waals surface area contributed by atoms with Crippen LogP contribution in [0.4, 0.5) is 4.39 Å². The van der Waals surface area contributed by atoms with Gasteiger partial charge in [-0.25, -0.2) is 4.39 Å². The molecule has 3 aromatic rings. The first-order valence-corrected chi connectivity index (χ1v) is 10.3. The molecular weight excluding hydrogens is 389 g/mol. The molecule has 0 unspecified atom stereocenters. The summed E-state index contributed by atoms with van der Waals surface area (Å²) in [4.78, 5) is 14.3. The normalized spacial score (nSPS) is 11.0. The summed E-state index contributed by atoms with van der Waals surface area (Å²) < 4.78 is 16.1. The number of hydrogen-bond acceptors (Lipinski definition) is 5. The first-order valence-electron chi connectivity index (χ1n) is 9.36. The van der Waals surface area contributed by atoms with Crippen LogP contribution in [0, 0.1) is 5.82 Å². The highest BCUT2D eigenvalue weighted by atomic mass is 32.2. The van der Waals surface area contributed by atoms with Gasteiger partial charge in [-0.15, -0.1) is 10.2 Å². The van der Waals surface area contributed by atoms with Gasteiger partial charge < -0.3 is 10.2 Å². The first-order chi connectivity index (χ1) is 14.1. The van der Waals surface area contributed by atoms with E-state index in [0.29, 0.717) is 23.1 Å². The number of aromatic nitrogens is 3. The second kappa shape index (κ2) is 10.2. The molecule has 1 amide bonds. The Hall–Kier alpha value is -2.71. The van der Waals surface area contributed by atoms with Crippen molar-refractivity contribution in [1.29, 1.82) is 0 Å². The lowest BCUT2D eigenvalue weighted by atomic mass is 10.2. The fourth-order valence-corrected chi connectivity index (χ4v) is 3.58. The molecule has 0 fully saturated rings. The molecule has 0 aliphatic heterocycles. The molecule has 6 nitrogen and oxygen atoms in total. The van der Waals surface area contributed by atoms with Crippen LogP contribution in [0.25, 0.3) is 17.1 Å². The number of amides is 1. The van der Waals surface area contributed by atoms with E-state index in [4.69, 9.17) is 0 Å². The Bertz CT molecular complexity index is 945. The Morgan fingerprint density at radius 2 is 1.83 bits per heavy atom. The number of carbonyl (C=O) groups is 1.